The van der Waals surface area contributed by atoms with E-state index in [1.54, 1.807) is 0 Å². The Morgan fingerprint density at radius 2 is 1.79 bits per heavy atom. The molecule has 0 radical (unpaired) electrons. The van der Waals surface area contributed by atoms with Gasteiger partial charge in [0.15, 0.2) is 17.4 Å². The average molecular weight is 425 g/mol. The first-order valence-corrected chi connectivity index (χ1v) is 8.76. The fraction of sp³-hybridized carbons (Fsp3) is 0.0526. The number of hydrogen-bond donors (Lipinski definition) is 2. The van der Waals surface area contributed by atoms with Crippen LogP contribution in [0.3, 0.4) is 0 Å². The van der Waals surface area contributed by atoms with E-state index in [-0.39, 0.29) is 27.8 Å². The summed E-state index contributed by atoms with van der Waals surface area (Å²) in [7, 11) is 0.939. The predicted molar refractivity (Wildman–Crippen MR) is 97.5 cm³/mol. The quantitative estimate of drug-likeness (QED) is 0.569. The second-order valence-electron chi connectivity index (χ2n) is 5.69. The van der Waals surface area contributed by atoms with Crippen molar-refractivity contribution in [2.24, 2.45) is 0 Å². The van der Waals surface area contributed by atoms with Gasteiger partial charge < -0.3 is 15.2 Å². The van der Waals surface area contributed by atoms with Gasteiger partial charge in [0.1, 0.15) is 27.8 Å². The number of carboxylic acid groups (broad SMARTS) is 1. The van der Waals surface area contributed by atoms with Crippen molar-refractivity contribution in [1.82, 2.24) is 0 Å². The van der Waals surface area contributed by atoms with Gasteiger partial charge in [-0.25, -0.2) is 22.4 Å². The lowest BCUT2D eigenvalue weighted by Gasteiger charge is -2.10. The van der Waals surface area contributed by atoms with Gasteiger partial charge in [0.05, 0.1) is 7.11 Å². The molecule has 1 aromatic heterocycles. The van der Waals surface area contributed by atoms with Crippen LogP contribution in [0.5, 0.6) is 5.75 Å². The van der Waals surface area contributed by atoms with Crippen LogP contribution >= 0.6 is 11.3 Å². The number of ether oxygens (including phenoxy) is 1. The lowest BCUT2D eigenvalue weighted by Crippen LogP contribution is -2.18. The first-order chi connectivity index (χ1) is 13.7. The molecule has 0 fully saturated rings. The molecule has 3 rings (SSSR count). The third-order valence-corrected chi connectivity index (χ3v) is 4.82. The largest absolute Gasteiger partial charge is 0.491 e. The molecule has 0 aliphatic carbocycles. The zero-order valence-electron chi connectivity index (χ0n) is 14.6. The lowest BCUT2D eigenvalue weighted by atomic mass is 10.0. The Labute approximate surface area is 165 Å². The predicted octanol–water partition coefficient (Wildman–Crippen LogP) is 4.93. The minimum absolute atomic E-state index is 0.106. The van der Waals surface area contributed by atoms with Gasteiger partial charge in [0.25, 0.3) is 5.91 Å². The van der Waals surface area contributed by atoms with E-state index in [4.69, 9.17) is 0 Å². The van der Waals surface area contributed by atoms with Crippen LogP contribution < -0.4 is 10.1 Å². The number of carboxylic acids is 1. The summed E-state index contributed by atoms with van der Waals surface area (Å²) in [6.07, 6.45) is 0. The highest BCUT2D eigenvalue weighted by Gasteiger charge is 2.27. The Kier molecular flexibility index (Phi) is 5.55. The topological polar surface area (TPSA) is 75.6 Å². The molecule has 2 aromatic carbocycles. The van der Waals surface area contributed by atoms with Crippen LogP contribution in [0.4, 0.5) is 22.6 Å². The van der Waals surface area contributed by atoms with Crippen LogP contribution in [0.25, 0.3) is 11.1 Å². The van der Waals surface area contributed by atoms with E-state index < -0.39 is 46.5 Å². The van der Waals surface area contributed by atoms with Crippen LogP contribution in [-0.2, 0) is 0 Å². The van der Waals surface area contributed by atoms with Gasteiger partial charge in [-0.3, -0.25) is 4.79 Å². The molecule has 29 heavy (non-hydrogen) atoms. The highest BCUT2D eigenvalue weighted by atomic mass is 32.1. The number of methoxy groups -OCH3 is 1. The molecule has 0 atom stereocenters. The summed E-state index contributed by atoms with van der Waals surface area (Å²) in [4.78, 5) is 24.1. The molecule has 10 heteroatoms. The number of thiophene rings is 1. The summed E-state index contributed by atoms with van der Waals surface area (Å²) in [5.41, 5.74) is -1.18. The number of hydrogen-bond acceptors (Lipinski definition) is 4. The third-order valence-electron chi connectivity index (χ3n) is 3.93. The monoisotopic (exact) mass is 425 g/mol. The normalized spacial score (nSPS) is 10.7. The second-order valence-corrected chi connectivity index (χ2v) is 6.57. The number of nitrogens with one attached hydrogen (secondary N) is 1. The van der Waals surface area contributed by atoms with Crippen molar-refractivity contribution in [3.05, 3.63) is 70.1 Å². The van der Waals surface area contributed by atoms with E-state index in [9.17, 15) is 32.3 Å². The minimum atomic E-state index is -1.57. The van der Waals surface area contributed by atoms with Crippen molar-refractivity contribution in [2.75, 3.05) is 12.4 Å². The summed E-state index contributed by atoms with van der Waals surface area (Å²) < 4.78 is 59.8. The number of rotatable bonds is 5. The van der Waals surface area contributed by atoms with E-state index in [2.05, 4.69) is 10.1 Å². The minimum Gasteiger partial charge on any atom is -0.491 e. The van der Waals surface area contributed by atoms with Crippen LogP contribution in [0.2, 0.25) is 0 Å². The smallest absolute Gasteiger partial charge is 0.339 e. The van der Waals surface area contributed by atoms with Crippen LogP contribution in [-0.4, -0.2) is 24.1 Å². The summed E-state index contributed by atoms with van der Waals surface area (Å²) in [5.74, 6) is -8.74. The molecule has 1 amide bonds. The highest BCUT2D eigenvalue weighted by Crippen LogP contribution is 2.36. The van der Waals surface area contributed by atoms with E-state index in [1.807, 2.05) is 0 Å². The van der Waals surface area contributed by atoms with E-state index in [0.29, 0.717) is 0 Å². The number of anilines is 1. The zero-order chi connectivity index (χ0) is 21.3. The Hall–Kier alpha value is -3.40. The molecule has 150 valence electrons. The summed E-state index contributed by atoms with van der Waals surface area (Å²) in [5, 5.41) is 12.8. The molecular formula is C19H11F4NO4S. The van der Waals surface area contributed by atoms with Gasteiger partial charge in [-0.15, -0.1) is 11.3 Å². The van der Waals surface area contributed by atoms with Gasteiger partial charge in [0, 0.05) is 17.0 Å². The van der Waals surface area contributed by atoms with Crippen LogP contribution in [0, 0.1) is 23.3 Å². The standard InChI is InChI=1S/C19H11F4NO4S/c1-28-16-12(22)6-11(21)14(15(16)23)17(25)24-18-13(19(26)27)10(7-29-18)8-3-2-4-9(20)5-8/h2-7H,1H3,(H,24,25)(H,26,27). The number of carbonyl (C=O) groups is 2. The maximum absolute atomic E-state index is 14.3. The molecule has 2 N–H and O–H groups in total. The molecule has 0 aliphatic heterocycles. The number of aromatic carboxylic acids is 1. The fourth-order valence-corrected chi connectivity index (χ4v) is 3.62. The van der Waals surface area contributed by atoms with Crippen molar-refractivity contribution in [3.63, 3.8) is 0 Å². The van der Waals surface area contributed by atoms with Crippen LogP contribution in [0.1, 0.15) is 20.7 Å². The van der Waals surface area contributed by atoms with Gasteiger partial charge >= 0.3 is 5.97 Å². The number of carbonyl (C=O) groups excluding carboxylic acids is 1. The third kappa shape index (κ3) is 3.79. The van der Waals surface area contributed by atoms with Crippen molar-refractivity contribution >= 4 is 28.2 Å². The van der Waals surface area contributed by atoms with Crippen LogP contribution in [0.15, 0.2) is 35.7 Å². The molecular weight excluding hydrogens is 414 g/mol. The van der Waals surface area contributed by atoms with Crippen molar-refractivity contribution < 1.29 is 37.0 Å². The Morgan fingerprint density at radius 3 is 2.41 bits per heavy atom. The molecule has 0 spiro atoms. The first kappa shape index (κ1) is 20.3. The zero-order valence-corrected chi connectivity index (χ0v) is 15.4. The Bertz CT molecular complexity index is 1130. The van der Waals surface area contributed by atoms with Gasteiger partial charge in [-0.1, -0.05) is 12.1 Å². The Morgan fingerprint density at radius 1 is 1.07 bits per heavy atom. The highest BCUT2D eigenvalue weighted by molar-refractivity contribution is 7.15. The summed E-state index contributed by atoms with van der Waals surface area (Å²) >= 11 is 0.768. The van der Waals surface area contributed by atoms with E-state index in [0.717, 1.165) is 24.5 Å². The molecule has 0 aliphatic rings. The van der Waals surface area contributed by atoms with Crippen molar-refractivity contribution in [1.29, 1.82) is 0 Å². The molecule has 0 saturated carbocycles. The number of amides is 1. The molecule has 0 saturated heterocycles. The maximum Gasteiger partial charge on any atom is 0.339 e. The summed E-state index contributed by atoms with van der Waals surface area (Å²) in [6, 6.07) is 5.40. The molecule has 1 heterocycles. The van der Waals surface area contributed by atoms with Crippen molar-refractivity contribution in [3.8, 4) is 16.9 Å². The van der Waals surface area contributed by atoms with E-state index in [1.165, 1.54) is 23.6 Å². The maximum atomic E-state index is 14.3. The van der Waals surface area contributed by atoms with E-state index >= 15 is 0 Å². The average Bonchev–Trinajstić information content (AvgIpc) is 3.05. The fourth-order valence-electron chi connectivity index (χ4n) is 2.66. The molecule has 5 nitrogen and oxygen atoms in total. The van der Waals surface area contributed by atoms with Crippen molar-refractivity contribution in [2.45, 2.75) is 0 Å². The second kappa shape index (κ2) is 7.92. The SMILES string of the molecule is COc1c(F)cc(F)c(C(=O)Nc2scc(-c3cccc(F)c3)c2C(=O)O)c1F. The van der Waals surface area contributed by atoms with Gasteiger partial charge in [0.2, 0.25) is 0 Å². The lowest BCUT2D eigenvalue weighted by molar-refractivity contribution is 0.0699. The summed E-state index contributed by atoms with van der Waals surface area (Å²) in [6.45, 7) is 0. The first-order valence-electron chi connectivity index (χ1n) is 7.88. The Balaban J connectivity index is 2.04. The number of halogens is 4. The number of benzene rings is 2. The van der Waals surface area contributed by atoms with Gasteiger partial charge in [-0.2, -0.15) is 0 Å². The molecule has 0 bridgehead atoms. The molecule has 0 unspecified atom stereocenters. The molecule has 3 aromatic rings. The van der Waals surface area contributed by atoms with Gasteiger partial charge in [-0.05, 0) is 17.7 Å².